The van der Waals surface area contributed by atoms with Gasteiger partial charge in [-0.2, -0.15) is 0 Å². The molecule has 0 aliphatic carbocycles. The van der Waals surface area contributed by atoms with Crippen molar-refractivity contribution in [2.45, 2.75) is 20.8 Å². The van der Waals surface area contributed by atoms with E-state index in [0.717, 1.165) is 21.5 Å². The lowest BCUT2D eigenvalue weighted by Gasteiger charge is -2.12. The monoisotopic (exact) mass is 318 g/mol. The number of rotatable bonds is 3. The zero-order valence-electron chi connectivity index (χ0n) is 11.2. The first-order valence-electron chi connectivity index (χ1n) is 6.03. The van der Waals surface area contributed by atoms with Crippen LogP contribution in [-0.2, 0) is 0 Å². The molecule has 2 aromatic carbocycles. The van der Waals surface area contributed by atoms with Crippen molar-refractivity contribution in [3.63, 3.8) is 0 Å². The molecule has 19 heavy (non-hydrogen) atoms. The lowest BCUT2D eigenvalue weighted by Crippen LogP contribution is -1.93. The number of ether oxygens (including phenoxy) is 1. The van der Waals surface area contributed by atoms with E-state index in [2.05, 4.69) is 22.0 Å². The van der Waals surface area contributed by atoms with E-state index in [1.807, 2.05) is 32.0 Å². The van der Waals surface area contributed by atoms with Gasteiger partial charge < -0.3 is 4.74 Å². The van der Waals surface area contributed by atoms with Gasteiger partial charge in [-0.1, -0.05) is 6.07 Å². The molecule has 0 bridgehead atoms. The molecule has 0 spiro atoms. The number of Topliss-reactive ketones (excluding diaryl/α,β-unsaturated/α-hetero) is 1. The fraction of sp³-hybridized carbons (Fsp3) is 0.188. The molecular formula is C16H15BrO2. The number of ketones is 1. The maximum Gasteiger partial charge on any atom is 0.159 e. The highest BCUT2D eigenvalue weighted by Gasteiger charge is 2.08. The van der Waals surface area contributed by atoms with Gasteiger partial charge in [0.1, 0.15) is 11.5 Å². The number of aryl methyl sites for hydroxylation is 2. The minimum atomic E-state index is 0.0549. The highest BCUT2D eigenvalue weighted by molar-refractivity contribution is 9.10. The normalized spacial score (nSPS) is 10.3. The molecule has 2 nitrogen and oxygen atoms in total. The van der Waals surface area contributed by atoms with E-state index in [9.17, 15) is 4.79 Å². The van der Waals surface area contributed by atoms with Crippen molar-refractivity contribution in [2.24, 2.45) is 0 Å². The van der Waals surface area contributed by atoms with Crippen LogP contribution in [0.15, 0.2) is 40.9 Å². The highest BCUT2D eigenvalue weighted by atomic mass is 79.9. The predicted molar refractivity (Wildman–Crippen MR) is 80.1 cm³/mol. The fourth-order valence-electron chi connectivity index (χ4n) is 1.91. The Morgan fingerprint density at radius 2 is 1.74 bits per heavy atom. The third-order valence-electron chi connectivity index (χ3n) is 2.85. The van der Waals surface area contributed by atoms with Gasteiger partial charge >= 0.3 is 0 Å². The van der Waals surface area contributed by atoms with Crippen molar-refractivity contribution in [1.82, 2.24) is 0 Å². The van der Waals surface area contributed by atoms with Gasteiger partial charge in [0.05, 0.1) is 4.47 Å². The van der Waals surface area contributed by atoms with E-state index >= 15 is 0 Å². The molecule has 0 radical (unpaired) electrons. The predicted octanol–water partition coefficient (Wildman–Crippen LogP) is 5.06. The van der Waals surface area contributed by atoms with Crippen LogP contribution in [0, 0.1) is 13.8 Å². The molecule has 2 aromatic rings. The molecule has 0 atom stereocenters. The zero-order valence-corrected chi connectivity index (χ0v) is 12.7. The van der Waals surface area contributed by atoms with Gasteiger partial charge in [-0.3, -0.25) is 4.79 Å². The van der Waals surface area contributed by atoms with Crippen LogP contribution in [-0.4, -0.2) is 5.78 Å². The Morgan fingerprint density at radius 3 is 2.26 bits per heavy atom. The highest BCUT2D eigenvalue weighted by Crippen LogP contribution is 2.34. The average Bonchev–Trinajstić information content (AvgIpc) is 2.34. The van der Waals surface area contributed by atoms with Crippen LogP contribution in [0.25, 0.3) is 0 Å². The molecular weight excluding hydrogens is 304 g/mol. The fourth-order valence-corrected chi connectivity index (χ4v) is 2.66. The molecule has 0 aromatic heterocycles. The Hall–Kier alpha value is -1.61. The number of carbonyl (C=O) groups is 1. The molecule has 0 saturated heterocycles. The number of halogens is 1. The lowest BCUT2D eigenvalue weighted by atomic mass is 10.1. The second-order valence-corrected chi connectivity index (χ2v) is 5.43. The topological polar surface area (TPSA) is 26.3 Å². The van der Waals surface area contributed by atoms with E-state index in [4.69, 9.17) is 4.74 Å². The van der Waals surface area contributed by atoms with Crippen molar-refractivity contribution in [2.75, 3.05) is 0 Å². The van der Waals surface area contributed by atoms with E-state index < -0.39 is 0 Å². The maximum atomic E-state index is 11.2. The van der Waals surface area contributed by atoms with E-state index in [0.29, 0.717) is 5.56 Å². The Morgan fingerprint density at radius 1 is 1.11 bits per heavy atom. The average molecular weight is 319 g/mol. The van der Waals surface area contributed by atoms with Gasteiger partial charge in [-0.15, -0.1) is 0 Å². The van der Waals surface area contributed by atoms with Crippen molar-refractivity contribution < 1.29 is 9.53 Å². The van der Waals surface area contributed by atoms with Crippen LogP contribution in [0.4, 0.5) is 0 Å². The van der Waals surface area contributed by atoms with Crippen LogP contribution in [0.5, 0.6) is 11.5 Å². The third-order valence-corrected chi connectivity index (χ3v) is 3.44. The molecule has 2 rings (SSSR count). The Labute approximate surface area is 121 Å². The summed E-state index contributed by atoms with van der Waals surface area (Å²) in [6.45, 7) is 5.61. The number of benzene rings is 2. The molecule has 0 heterocycles. The van der Waals surface area contributed by atoms with Gasteiger partial charge in [0.15, 0.2) is 5.78 Å². The number of carbonyl (C=O) groups excluding carboxylic acids is 1. The summed E-state index contributed by atoms with van der Waals surface area (Å²) in [6.07, 6.45) is 0. The standard InChI is InChI=1S/C16H15BrO2/c1-10-8-11(2)16(15(17)9-10)19-14-6-4-13(5-7-14)12(3)18/h4-9H,1-3H3. The van der Waals surface area contributed by atoms with Gasteiger partial charge in [-0.05, 0) is 78.2 Å². The van der Waals surface area contributed by atoms with Gasteiger partial charge in [0.2, 0.25) is 0 Å². The van der Waals surface area contributed by atoms with Crippen LogP contribution >= 0.6 is 15.9 Å². The molecule has 3 heteroatoms. The smallest absolute Gasteiger partial charge is 0.159 e. The summed E-state index contributed by atoms with van der Waals surface area (Å²) in [5.41, 5.74) is 2.94. The first kappa shape index (κ1) is 13.8. The van der Waals surface area contributed by atoms with Crippen molar-refractivity contribution in [3.05, 3.63) is 57.6 Å². The van der Waals surface area contributed by atoms with Crippen molar-refractivity contribution in [1.29, 1.82) is 0 Å². The minimum Gasteiger partial charge on any atom is -0.456 e. The summed E-state index contributed by atoms with van der Waals surface area (Å²) >= 11 is 3.51. The Balaban J connectivity index is 2.29. The van der Waals surface area contributed by atoms with Crippen LogP contribution in [0.2, 0.25) is 0 Å². The molecule has 0 fully saturated rings. The molecule has 98 valence electrons. The quantitative estimate of drug-likeness (QED) is 0.739. The molecule has 0 aliphatic heterocycles. The largest absolute Gasteiger partial charge is 0.456 e. The molecule has 0 saturated carbocycles. The summed E-state index contributed by atoms with van der Waals surface area (Å²) in [7, 11) is 0. The first-order valence-corrected chi connectivity index (χ1v) is 6.82. The van der Waals surface area contributed by atoms with E-state index in [1.54, 1.807) is 19.1 Å². The minimum absolute atomic E-state index is 0.0549. The molecule has 0 amide bonds. The summed E-state index contributed by atoms with van der Waals surface area (Å²) in [5.74, 6) is 1.58. The maximum absolute atomic E-state index is 11.2. The Bertz CT molecular complexity index is 592. The molecule has 0 aliphatic rings. The summed E-state index contributed by atoms with van der Waals surface area (Å²) in [5, 5.41) is 0. The molecule has 0 N–H and O–H groups in total. The summed E-state index contributed by atoms with van der Waals surface area (Å²) < 4.78 is 6.80. The van der Waals surface area contributed by atoms with E-state index in [-0.39, 0.29) is 5.78 Å². The van der Waals surface area contributed by atoms with Gasteiger partial charge in [0, 0.05) is 5.56 Å². The van der Waals surface area contributed by atoms with Crippen molar-refractivity contribution in [3.8, 4) is 11.5 Å². The second-order valence-electron chi connectivity index (χ2n) is 4.58. The zero-order chi connectivity index (χ0) is 14.0. The second kappa shape index (κ2) is 5.57. The van der Waals surface area contributed by atoms with E-state index in [1.165, 1.54) is 5.56 Å². The Kier molecular flexibility index (Phi) is 4.05. The first-order chi connectivity index (χ1) is 8.97. The summed E-state index contributed by atoms with van der Waals surface area (Å²) in [6, 6.07) is 11.3. The third kappa shape index (κ3) is 3.24. The number of hydrogen-bond donors (Lipinski definition) is 0. The van der Waals surface area contributed by atoms with Crippen molar-refractivity contribution >= 4 is 21.7 Å². The van der Waals surface area contributed by atoms with Gasteiger partial charge in [-0.25, -0.2) is 0 Å². The SMILES string of the molecule is CC(=O)c1ccc(Oc2c(C)cc(C)cc2Br)cc1. The number of hydrogen-bond acceptors (Lipinski definition) is 2. The molecule has 0 unspecified atom stereocenters. The van der Waals surface area contributed by atoms with Crippen LogP contribution in [0.3, 0.4) is 0 Å². The summed E-state index contributed by atoms with van der Waals surface area (Å²) in [4.78, 5) is 11.2. The van der Waals surface area contributed by atoms with Gasteiger partial charge in [0.25, 0.3) is 0 Å². The van der Waals surface area contributed by atoms with Crippen LogP contribution < -0.4 is 4.74 Å². The lowest BCUT2D eigenvalue weighted by molar-refractivity contribution is 0.101. The van der Waals surface area contributed by atoms with Crippen LogP contribution in [0.1, 0.15) is 28.4 Å².